The summed E-state index contributed by atoms with van der Waals surface area (Å²) in [6.07, 6.45) is 0. The summed E-state index contributed by atoms with van der Waals surface area (Å²) in [7, 11) is 0. The Balaban J connectivity index is 1.02. The van der Waals surface area contributed by atoms with E-state index in [0.717, 1.165) is 22.6 Å². The minimum atomic E-state index is -0.143. The van der Waals surface area contributed by atoms with Crippen molar-refractivity contribution in [3.63, 3.8) is 0 Å². The lowest BCUT2D eigenvalue weighted by Gasteiger charge is -2.30. The maximum atomic E-state index is 2.47. The van der Waals surface area contributed by atoms with Crippen molar-refractivity contribution in [1.29, 1.82) is 0 Å². The van der Waals surface area contributed by atoms with Crippen molar-refractivity contribution < 1.29 is 0 Å². The molecule has 0 atom stereocenters. The van der Waals surface area contributed by atoms with Gasteiger partial charge in [-0.15, -0.1) is 0 Å². The minimum Gasteiger partial charge on any atom is -0.310 e. The summed E-state index contributed by atoms with van der Waals surface area (Å²) in [4.78, 5) is 2.47. The van der Waals surface area contributed by atoms with Crippen LogP contribution >= 0.6 is 0 Å². The van der Waals surface area contributed by atoms with Gasteiger partial charge in [0.05, 0.1) is 5.69 Å². The molecule has 320 valence electrons. The van der Waals surface area contributed by atoms with Gasteiger partial charge in [-0.2, -0.15) is 0 Å². The summed E-state index contributed by atoms with van der Waals surface area (Å²) < 4.78 is 0. The van der Waals surface area contributed by atoms with Crippen LogP contribution in [0.2, 0.25) is 0 Å². The molecule has 10 aromatic rings. The molecule has 2 aliphatic carbocycles. The van der Waals surface area contributed by atoms with E-state index in [1.54, 1.807) is 0 Å². The molecule has 12 rings (SSSR count). The first kappa shape index (κ1) is 40.5. The van der Waals surface area contributed by atoms with Gasteiger partial charge < -0.3 is 4.90 Å². The maximum absolute atomic E-state index is 2.47. The highest BCUT2D eigenvalue weighted by Crippen LogP contribution is 2.54. The summed E-state index contributed by atoms with van der Waals surface area (Å²) in [5.74, 6) is 0. The summed E-state index contributed by atoms with van der Waals surface area (Å²) in [5.41, 5.74) is 26.1. The van der Waals surface area contributed by atoms with Gasteiger partial charge in [-0.1, -0.05) is 228 Å². The fourth-order valence-electron chi connectivity index (χ4n) is 11.5. The van der Waals surface area contributed by atoms with Crippen LogP contribution in [0, 0.1) is 0 Å². The van der Waals surface area contributed by atoms with Crippen LogP contribution in [0.3, 0.4) is 0 Å². The van der Waals surface area contributed by atoms with E-state index < -0.39 is 0 Å². The number of hydrogen-bond acceptors (Lipinski definition) is 1. The highest BCUT2D eigenvalue weighted by atomic mass is 15.1. The SMILES string of the molecule is CC1(C)c2ccccc2-c2ccc(-c3ccc(N(c4cccc(-c5cccc6c5C(C)(C)c5ccccc5-6)c4)c4ccccc4-c4ccccc4-c4ccccc4-c4ccccc4)cc3)cc21. The lowest BCUT2D eigenvalue weighted by atomic mass is 9.79. The van der Waals surface area contributed by atoms with E-state index in [-0.39, 0.29) is 10.8 Å². The molecule has 0 aliphatic heterocycles. The van der Waals surface area contributed by atoms with Crippen molar-refractivity contribution in [2.75, 3.05) is 4.90 Å². The van der Waals surface area contributed by atoms with Crippen LogP contribution in [0.5, 0.6) is 0 Å². The minimum absolute atomic E-state index is 0.0673. The van der Waals surface area contributed by atoms with E-state index >= 15 is 0 Å². The molecule has 0 spiro atoms. The summed E-state index contributed by atoms with van der Waals surface area (Å²) >= 11 is 0. The van der Waals surface area contributed by atoms with E-state index in [1.165, 1.54) is 94.6 Å². The van der Waals surface area contributed by atoms with Gasteiger partial charge in [0.2, 0.25) is 0 Å². The summed E-state index contributed by atoms with van der Waals surface area (Å²) in [6.45, 7) is 9.47. The van der Waals surface area contributed by atoms with Crippen LogP contribution in [0.25, 0.3) is 77.9 Å². The Kier molecular flexibility index (Phi) is 9.59. The van der Waals surface area contributed by atoms with Crippen molar-refractivity contribution in [3.8, 4) is 77.9 Å². The van der Waals surface area contributed by atoms with Crippen molar-refractivity contribution in [2.45, 2.75) is 38.5 Å². The lowest BCUT2D eigenvalue weighted by Crippen LogP contribution is -2.16. The topological polar surface area (TPSA) is 3.24 Å². The van der Waals surface area contributed by atoms with E-state index in [4.69, 9.17) is 0 Å². The molecule has 0 heterocycles. The molecule has 0 fully saturated rings. The van der Waals surface area contributed by atoms with Gasteiger partial charge in [-0.3, -0.25) is 0 Å². The third-order valence-corrected chi connectivity index (χ3v) is 14.7. The zero-order valence-corrected chi connectivity index (χ0v) is 38.5. The molecule has 0 aromatic heterocycles. The number of anilines is 3. The third kappa shape index (κ3) is 6.60. The maximum Gasteiger partial charge on any atom is 0.0540 e. The number of para-hydroxylation sites is 1. The van der Waals surface area contributed by atoms with Crippen molar-refractivity contribution in [2.24, 2.45) is 0 Å². The van der Waals surface area contributed by atoms with Crippen LogP contribution in [-0.4, -0.2) is 0 Å². The van der Waals surface area contributed by atoms with Crippen LogP contribution in [0.15, 0.2) is 237 Å². The molecule has 0 saturated heterocycles. The number of fused-ring (bicyclic) bond motifs is 6. The second-order valence-electron chi connectivity index (χ2n) is 19.2. The molecule has 1 nitrogen and oxygen atoms in total. The molecular formula is C66H51N. The number of benzene rings is 10. The molecule has 0 N–H and O–H groups in total. The normalized spacial score (nSPS) is 13.6. The van der Waals surface area contributed by atoms with Gasteiger partial charge >= 0.3 is 0 Å². The molecule has 2 aliphatic rings. The average molecular weight is 858 g/mol. The van der Waals surface area contributed by atoms with E-state index in [1.807, 2.05) is 0 Å². The number of nitrogens with zero attached hydrogens (tertiary/aromatic N) is 1. The standard InChI is InChI=1S/C66H51N/c1-65(2)60-33-15-12-28-55(60)57-41-38-46(43-62(57)65)44-36-39-48(40-37-44)67(49-23-18-22-47(42-49)51-31-19-32-59-56-29-13-16-34-61(56)66(3,4)64(51)59)63-35-17-14-30-58(63)54-27-11-10-26-53(54)52-25-9-8-24-50(52)45-20-6-5-7-21-45/h5-43H,1-4H3. The molecule has 0 saturated carbocycles. The molecule has 0 radical (unpaired) electrons. The Morgan fingerprint density at radius 1 is 0.254 bits per heavy atom. The molecule has 67 heavy (non-hydrogen) atoms. The largest absolute Gasteiger partial charge is 0.310 e. The lowest BCUT2D eigenvalue weighted by molar-refractivity contribution is 0.660. The van der Waals surface area contributed by atoms with E-state index in [2.05, 4.69) is 269 Å². The molecule has 0 amide bonds. The summed E-state index contributed by atoms with van der Waals surface area (Å²) in [6, 6.07) is 87.5. The van der Waals surface area contributed by atoms with Gasteiger partial charge in [0.1, 0.15) is 0 Å². The van der Waals surface area contributed by atoms with E-state index in [9.17, 15) is 0 Å². The first-order valence-electron chi connectivity index (χ1n) is 23.6. The zero-order chi connectivity index (χ0) is 45.3. The Morgan fingerprint density at radius 2 is 0.731 bits per heavy atom. The van der Waals surface area contributed by atoms with Crippen LogP contribution in [0.1, 0.15) is 49.9 Å². The highest BCUT2D eigenvalue weighted by Gasteiger charge is 2.38. The van der Waals surface area contributed by atoms with Crippen LogP contribution < -0.4 is 4.90 Å². The molecule has 10 aromatic carbocycles. The Hall–Kier alpha value is -8.00. The van der Waals surface area contributed by atoms with Gasteiger partial charge in [-0.05, 0) is 131 Å². The first-order valence-corrected chi connectivity index (χ1v) is 23.6. The number of rotatable bonds is 8. The monoisotopic (exact) mass is 857 g/mol. The van der Waals surface area contributed by atoms with Gasteiger partial charge in [0.15, 0.2) is 0 Å². The molecular weight excluding hydrogens is 807 g/mol. The second kappa shape index (κ2) is 15.9. The Labute approximate surface area is 395 Å². The zero-order valence-electron chi connectivity index (χ0n) is 38.5. The third-order valence-electron chi connectivity index (χ3n) is 14.7. The fraction of sp³-hybridized carbons (Fsp3) is 0.0909. The van der Waals surface area contributed by atoms with Crippen molar-refractivity contribution in [3.05, 3.63) is 259 Å². The van der Waals surface area contributed by atoms with Crippen LogP contribution in [0.4, 0.5) is 17.1 Å². The van der Waals surface area contributed by atoms with Gasteiger partial charge in [-0.25, -0.2) is 0 Å². The molecule has 0 bridgehead atoms. The predicted molar refractivity (Wildman–Crippen MR) is 283 cm³/mol. The number of hydrogen-bond donors (Lipinski definition) is 0. The molecule has 0 unspecified atom stereocenters. The quantitative estimate of drug-likeness (QED) is 0.147. The average Bonchev–Trinajstić information content (AvgIpc) is 3.76. The van der Waals surface area contributed by atoms with Gasteiger partial charge in [0, 0.05) is 27.8 Å². The fourth-order valence-corrected chi connectivity index (χ4v) is 11.5. The van der Waals surface area contributed by atoms with E-state index in [0.29, 0.717) is 0 Å². The second-order valence-corrected chi connectivity index (χ2v) is 19.2. The highest BCUT2D eigenvalue weighted by molar-refractivity contribution is 5.98. The Morgan fingerprint density at radius 3 is 1.45 bits per heavy atom. The van der Waals surface area contributed by atoms with Crippen LogP contribution in [-0.2, 0) is 10.8 Å². The van der Waals surface area contributed by atoms with Crippen molar-refractivity contribution >= 4 is 17.1 Å². The van der Waals surface area contributed by atoms with Gasteiger partial charge in [0.25, 0.3) is 0 Å². The smallest absolute Gasteiger partial charge is 0.0540 e. The first-order chi connectivity index (χ1) is 32.8. The summed E-state index contributed by atoms with van der Waals surface area (Å²) in [5, 5.41) is 0. The van der Waals surface area contributed by atoms with Crippen molar-refractivity contribution in [1.82, 2.24) is 0 Å². The predicted octanol–water partition coefficient (Wildman–Crippen LogP) is 18.1. The molecule has 1 heteroatoms. The Bertz CT molecular complexity index is 3520.